The first-order valence-electron chi connectivity index (χ1n) is 1.46. The zero-order valence-electron chi connectivity index (χ0n) is 2.89. The van der Waals surface area contributed by atoms with E-state index >= 15 is 0 Å². The predicted molar refractivity (Wildman–Crippen MR) is 31.9 cm³/mol. The lowest BCUT2D eigenvalue weighted by atomic mass is 11.5. The summed E-state index contributed by atoms with van der Waals surface area (Å²) in [5.41, 5.74) is 4.53. The van der Waals surface area contributed by atoms with Crippen LogP contribution in [0.1, 0.15) is 0 Å². The molecule has 0 spiro atoms. The van der Waals surface area contributed by atoms with E-state index in [2.05, 4.69) is 26.5 Å². The van der Waals surface area contributed by atoms with Crippen LogP contribution in [0.2, 0.25) is 0 Å². The summed E-state index contributed by atoms with van der Waals surface area (Å²) in [6.07, 6.45) is 0. The van der Waals surface area contributed by atoms with Crippen molar-refractivity contribution in [1.29, 1.82) is 0 Å². The minimum atomic E-state index is 0.303. The molecule has 1 rings (SSSR count). The van der Waals surface area contributed by atoms with Crippen molar-refractivity contribution in [2.45, 2.75) is 4.28 Å². The van der Waals surface area contributed by atoms with Gasteiger partial charge < -0.3 is 0 Å². The van der Waals surface area contributed by atoms with E-state index in [-0.39, 0.29) is 0 Å². The summed E-state index contributed by atoms with van der Waals surface area (Å²) < 4.78 is 0.303. The van der Waals surface area contributed by atoms with Gasteiger partial charge >= 0.3 is 0 Å². The normalized spacial score (nSPS) is 30.5. The van der Waals surface area contributed by atoms with Crippen molar-refractivity contribution in [1.82, 2.24) is 5.43 Å². The molecule has 0 fully saturated rings. The van der Waals surface area contributed by atoms with E-state index in [1.165, 1.54) is 0 Å². The molecule has 0 aromatic rings. The number of nitrogens with zero attached hydrogens (tertiary/aromatic N) is 1. The number of rotatable bonds is 0. The Labute approximate surface area is 48.5 Å². The smallest absolute Gasteiger partial charge is 0.149 e. The summed E-state index contributed by atoms with van der Waals surface area (Å²) >= 11 is 4.88. The Bertz CT molecular complexity index is 65.9. The van der Waals surface area contributed by atoms with Crippen LogP contribution < -0.4 is 5.43 Å². The summed E-state index contributed by atoms with van der Waals surface area (Å²) in [5.74, 6) is 0. The summed E-state index contributed by atoms with van der Waals surface area (Å²) in [4.78, 5) is 0. The Balaban J connectivity index is 2.32. The molecular weight excluding hydrogens is 164 g/mol. The molecule has 4 heteroatoms. The molecule has 0 amide bonds. The van der Waals surface area contributed by atoms with E-state index in [0.717, 1.165) is 0 Å². The molecule has 2 nitrogen and oxygen atoms in total. The van der Waals surface area contributed by atoms with Crippen LogP contribution >= 0.6 is 27.7 Å². The Hall–Kier alpha value is 0.300. The zero-order chi connectivity index (χ0) is 4.41. The van der Waals surface area contributed by atoms with E-state index in [9.17, 15) is 0 Å². The van der Waals surface area contributed by atoms with E-state index in [0.29, 0.717) is 4.28 Å². The third-order valence-electron chi connectivity index (χ3n) is 0.409. The van der Waals surface area contributed by atoms with Crippen molar-refractivity contribution in [2.24, 2.45) is 5.10 Å². The molecule has 0 saturated carbocycles. The van der Waals surface area contributed by atoms with Gasteiger partial charge in [0.25, 0.3) is 0 Å². The van der Waals surface area contributed by atoms with E-state index in [4.69, 9.17) is 0 Å². The lowest BCUT2D eigenvalue weighted by molar-refractivity contribution is 0.868. The fraction of sp³-hybridized carbons (Fsp3) is 0.500. The largest absolute Gasteiger partial charge is 0.286 e. The lowest BCUT2D eigenvalue weighted by Gasteiger charge is -1.91. The SMILES string of the molecule is BrC1NN=CS1. The third-order valence-corrected chi connectivity index (χ3v) is 1.83. The van der Waals surface area contributed by atoms with Crippen molar-refractivity contribution in [3.8, 4) is 0 Å². The van der Waals surface area contributed by atoms with E-state index in [1.807, 2.05) is 0 Å². The third kappa shape index (κ3) is 0.879. The summed E-state index contributed by atoms with van der Waals surface area (Å²) in [6, 6.07) is 0. The molecule has 1 aliphatic rings. The van der Waals surface area contributed by atoms with Gasteiger partial charge in [0, 0.05) is 0 Å². The Morgan fingerprint density at radius 3 is 3.00 bits per heavy atom. The quantitative estimate of drug-likeness (QED) is 0.429. The molecule has 0 radical (unpaired) electrons. The van der Waals surface area contributed by atoms with Crippen molar-refractivity contribution in [3.05, 3.63) is 0 Å². The van der Waals surface area contributed by atoms with Gasteiger partial charge in [-0.2, -0.15) is 5.10 Å². The summed E-state index contributed by atoms with van der Waals surface area (Å²) in [5, 5.41) is 3.71. The number of alkyl halides is 1. The first-order valence-corrected chi connectivity index (χ1v) is 3.32. The average molecular weight is 167 g/mol. The van der Waals surface area contributed by atoms with Gasteiger partial charge in [0.05, 0.1) is 5.55 Å². The van der Waals surface area contributed by atoms with Crippen molar-refractivity contribution < 1.29 is 0 Å². The van der Waals surface area contributed by atoms with Gasteiger partial charge in [0.2, 0.25) is 0 Å². The second-order valence-electron chi connectivity index (χ2n) is 0.816. The van der Waals surface area contributed by atoms with E-state index in [1.54, 1.807) is 17.3 Å². The molecule has 0 bridgehead atoms. The van der Waals surface area contributed by atoms with Crippen LogP contribution in [-0.4, -0.2) is 9.83 Å². The Kier molecular flexibility index (Phi) is 1.37. The molecule has 1 atom stereocenters. The minimum absolute atomic E-state index is 0.303. The highest BCUT2D eigenvalue weighted by Crippen LogP contribution is 2.14. The molecule has 1 aliphatic heterocycles. The first kappa shape index (κ1) is 4.46. The Morgan fingerprint density at radius 2 is 2.83 bits per heavy atom. The molecule has 1 heterocycles. The van der Waals surface area contributed by atoms with Gasteiger partial charge in [-0.25, -0.2) is 0 Å². The van der Waals surface area contributed by atoms with Gasteiger partial charge in [-0.05, 0) is 0 Å². The van der Waals surface area contributed by atoms with Crippen LogP contribution in [-0.2, 0) is 0 Å². The summed E-state index contributed by atoms with van der Waals surface area (Å²) in [6.45, 7) is 0. The second-order valence-corrected chi connectivity index (χ2v) is 3.29. The van der Waals surface area contributed by atoms with Crippen LogP contribution in [0.25, 0.3) is 0 Å². The van der Waals surface area contributed by atoms with E-state index < -0.39 is 0 Å². The van der Waals surface area contributed by atoms with Crippen LogP contribution in [0.15, 0.2) is 5.10 Å². The number of hydrogen-bond donors (Lipinski definition) is 1. The highest BCUT2D eigenvalue weighted by atomic mass is 79.9. The second kappa shape index (κ2) is 1.84. The molecule has 34 valence electrons. The van der Waals surface area contributed by atoms with Gasteiger partial charge in [0.15, 0.2) is 0 Å². The fourth-order valence-electron chi connectivity index (χ4n) is 0.203. The molecule has 1 N–H and O–H groups in total. The number of thioether (sulfide) groups is 1. The molecule has 1 unspecified atom stereocenters. The number of nitrogens with one attached hydrogen (secondary N) is 1. The van der Waals surface area contributed by atoms with Gasteiger partial charge in [0.1, 0.15) is 4.28 Å². The molecular formula is C2H3BrN2S. The zero-order valence-corrected chi connectivity index (χ0v) is 5.29. The highest BCUT2D eigenvalue weighted by molar-refractivity contribution is 9.11. The van der Waals surface area contributed by atoms with Crippen LogP contribution in [0.4, 0.5) is 0 Å². The predicted octanol–water partition coefficient (Wildman–Crippen LogP) is 0.945. The van der Waals surface area contributed by atoms with Crippen LogP contribution in [0.3, 0.4) is 0 Å². The topological polar surface area (TPSA) is 24.4 Å². The Morgan fingerprint density at radius 1 is 2.00 bits per heavy atom. The molecule has 0 aromatic heterocycles. The number of halogens is 1. The fourth-order valence-corrected chi connectivity index (χ4v) is 0.961. The monoisotopic (exact) mass is 166 g/mol. The maximum Gasteiger partial charge on any atom is 0.149 e. The van der Waals surface area contributed by atoms with Crippen molar-refractivity contribution in [2.75, 3.05) is 0 Å². The van der Waals surface area contributed by atoms with Crippen LogP contribution in [0.5, 0.6) is 0 Å². The van der Waals surface area contributed by atoms with Gasteiger partial charge in [-0.15, -0.1) is 0 Å². The van der Waals surface area contributed by atoms with Crippen molar-refractivity contribution in [3.63, 3.8) is 0 Å². The maximum absolute atomic E-state index is 3.71. The average Bonchev–Trinajstić information content (AvgIpc) is 1.86. The lowest BCUT2D eigenvalue weighted by Crippen LogP contribution is -2.05. The van der Waals surface area contributed by atoms with Gasteiger partial charge in [-0.1, -0.05) is 27.7 Å². The maximum atomic E-state index is 3.71. The van der Waals surface area contributed by atoms with Gasteiger partial charge in [-0.3, -0.25) is 5.43 Å². The highest BCUT2D eigenvalue weighted by Gasteiger charge is 2.02. The standard InChI is InChI=1S/C2H3BrN2S/c3-2-5-4-1-6-2/h1-2,5H. The summed E-state index contributed by atoms with van der Waals surface area (Å²) in [7, 11) is 0. The minimum Gasteiger partial charge on any atom is -0.286 e. The number of hydrazone groups is 1. The molecule has 0 saturated heterocycles. The van der Waals surface area contributed by atoms with Crippen LogP contribution in [0, 0.1) is 0 Å². The molecule has 0 aromatic carbocycles. The van der Waals surface area contributed by atoms with Crippen molar-refractivity contribution >= 4 is 33.2 Å². The first-order chi connectivity index (χ1) is 2.89. The number of hydrogen-bond acceptors (Lipinski definition) is 3. The molecule has 0 aliphatic carbocycles. The molecule has 6 heavy (non-hydrogen) atoms.